The predicted octanol–water partition coefficient (Wildman–Crippen LogP) is 3.06. The summed E-state index contributed by atoms with van der Waals surface area (Å²) in [6.07, 6.45) is 2.30. The summed E-state index contributed by atoms with van der Waals surface area (Å²) in [7, 11) is 1.70. The summed E-state index contributed by atoms with van der Waals surface area (Å²) in [6.45, 7) is 0. The maximum atomic E-state index is 12.2. The van der Waals surface area contributed by atoms with Crippen LogP contribution in [0.2, 0.25) is 4.34 Å². The van der Waals surface area contributed by atoms with E-state index in [0.29, 0.717) is 17.2 Å². The first kappa shape index (κ1) is 11.4. The summed E-state index contributed by atoms with van der Waals surface area (Å²) in [5, 5.41) is 9.88. The van der Waals surface area contributed by atoms with E-state index in [-0.39, 0.29) is 5.91 Å². The Morgan fingerprint density at radius 2 is 2.31 bits per heavy atom. The SMILES string of the molecule is CN(C(=O)C1(C#N)CCC1)c1ccc(Cl)s1. The summed E-state index contributed by atoms with van der Waals surface area (Å²) in [4.78, 5) is 13.7. The Hall–Kier alpha value is -1.05. The number of halogens is 1. The van der Waals surface area contributed by atoms with E-state index in [9.17, 15) is 4.79 Å². The zero-order valence-corrected chi connectivity index (χ0v) is 10.4. The van der Waals surface area contributed by atoms with Crippen LogP contribution in [-0.2, 0) is 4.79 Å². The van der Waals surface area contributed by atoms with Gasteiger partial charge < -0.3 is 4.90 Å². The Kier molecular flexibility index (Phi) is 2.92. The molecule has 0 bridgehead atoms. The number of rotatable bonds is 2. The molecule has 3 nitrogen and oxygen atoms in total. The van der Waals surface area contributed by atoms with Crippen molar-refractivity contribution in [1.82, 2.24) is 0 Å². The van der Waals surface area contributed by atoms with Crippen LogP contribution in [0.25, 0.3) is 0 Å². The van der Waals surface area contributed by atoms with Gasteiger partial charge in [-0.15, -0.1) is 11.3 Å². The van der Waals surface area contributed by atoms with Crippen molar-refractivity contribution in [3.8, 4) is 6.07 Å². The molecule has 0 N–H and O–H groups in total. The summed E-state index contributed by atoms with van der Waals surface area (Å²) in [6, 6.07) is 5.71. The van der Waals surface area contributed by atoms with Gasteiger partial charge in [-0.2, -0.15) is 5.26 Å². The maximum absolute atomic E-state index is 12.2. The first-order valence-electron chi connectivity index (χ1n) is 5.04. The average Bonchev–Trinajstić information content (AvgIpc) is 2.63. The molecule has 1 aliphatic rings. The number of amides is 1. The van der Waals surface area contributed by atoms with Crippen molar-refractivity contribution in [2.24, 2.45) is 5.41 Å². The third-order valence-electron chi connectivity index (χ3n) is 3.02. The molecule has 1 amide bonds. The number of anilines is 1. The molecule has 2 rings (SSSR count). The first-order valence-corrected chi connectivity index (χ1v) is 6.23. The van der Waals surface area contributed by atoms with Gasteiger partial charge in [-0.3, -0.25) is 4.79 Å². The Labute approximate surface area is 103 Å². The Bertz CT molecular complexity index is 459. The molecule has 1 fully saturated rings. The lowest BCUT2D eigenvalue weighted by molar-refractivity contribution is -0.128. The molecule has 0 radical (unpaired) electrons. The molecule has 0 spiro atoms. The van der Waals surface area contributed by atoms with E-state index in [0.717, 1.165) is 11.4 Å². The fourth-order valence-electron chi connectivity index (χ4n) is 1.81. The monoisotopic (exact) mass is 254 g/mol. The summed E-state index contributed by atoms with van der Waals surface area (Å²) in [5.74, 6) is -0.111. The van der Waals surface area contributed by atoms with Crippen LogP contribution in [0.3, 0.4) is 0 Å². The van der Waals surface area contributed by atoms with Gasteiger partial charge in [-0.25, -0.2) is 0 Å². The second-order valence-corrected chi connectivity index (χ2v) is 5.68. The molecule has 1 saturated carbocycles. The van der Waals surface area contributed by atoms with Gasteiger partial charge in [0.1, 0.15) is 5.41 Å². The summed E-state index contributed by atoms with van der Waals surface area (Å²) in [5.41, 5.74) is -0.786. The minimum absolute atomic E-state index is 0.111. The van der Waals surface area contributed by atoms with Crippen LogP contribution in [0.15, 0.2) is 12.1 Å². The van der Waals surface area contributed by atoms with Gasteiger partial charge in [0.05, 0.1) is 15.4 Å². The van der Waals surface area contributed by atoms with Crippen LogP contribution in [0.5, 0.6) is 0 Å². The van der Waals surface area contributed by atoms with E-state index >= 15 is 0 Å². The quantitative estimate of drug-likeness (QED) is 0.814. The van der Waals surface area contributed by atoms with Crippen LogP contribution in [0.1, 0.15) is 19.3 Å². The van der Waals surface area contributed by atoms with Crippen molar-refractivity contribution >= 4 is 33.8 Å². The van der Waals surface area contributed by atoms with Gasteiger partial charge in [0.25, 0.3) is 0 Å². The van der Waals surface area contributed by atoms with Crippen LogP contribution in [0.4, 0.5) is 5.00 Å². The molecular formula is C11H11ClN2OS. The minimum atomic E-state index is -0.786. The molecule has 5 heteroatoms. The van der Waals surface area contributed by atoms with Crippen molar-refractivity contribution < 1.29 is 4.79 Å². The molecule has 84 valence electrons. The number of thiophene rings is 1. The molecule has 16 heavy (non-hydrogen) atoms. The van der Waals surface area contributed by atoms with Crippen LogP contribution in [-0.4, -0.2) is 13.0 Å². The number of hydrogen-bond donors (Lipinski definition) is 0. The lowest BCUT2D eigenvalue weighted by atomic mass is 9.69. The average molecular weight is 255 g/mol. The molecule has 1 aliphatic carbocycles. The van der Waals surface area contributed by atoms with E-state index < -0.39 is 5.41 Å². The van der Waals surface area contributed by atoms with Gasteiger partial charge in [0.15, 0.2) is 0 Å². The number of nitrogens with zero attached hydrogens (tertiary/aromatic N) is 2. The molecule has 0 aliphatic heterocycles. The van der Waals surface area contributed by atoms with E-state index in [1.807, 2.05) is 0 Å². The zero-order valence-electron chi connectivity index (χ0n) is 8.86. The molecule has 1 aromatic rings. The Morgan fingerprint density at radius 3 is 2.69 bits per heavy atom. The molecule has 0 aromatic carbocycles. The number of carbonyl (C=O) groups excluding carboxylic acids is 1. The molecule has 0 saturated heterocycles. The highest BCUT2D eigenvalue weighted by molar-refractivity contribution is 7.20. The van der Waals surface area contributed by atoms with Crippen molar-refractivity contribution in [1.29, 1.82) is 5.26 Å². The molecular weight excluding hydrogens is 244 g/mol. The smallest absolute Gasteiger partial charge is 0.247 e. The minimum Gasteiger partial charge on any atom is -0.306 e. The third kappa shape index (κ3) is 1.70. The van der Waals surface area contributed by atoms with E-state index in [2.05, 4.69) is 6.07 Å². The fourth-order valence-corrected chi connectivity index (χ4v) is 2.80. The van der Waals surface area contributed by atoms with Crippen molar-refractivity contribution in [3.63, 3.8) is 0 Å². The highest BCUT2D eigenvalue weighted by Gasteiger charge is 2.46. The number of nitriles is 1. The standard InChI is InChI=1S/C11H11ClN2OS/c1-14(9-4-3-8(12)16-9)10(15)11(7-13)5-2-6-11/h3-4H,2,5-6H2,1H3. The van der Waals surface area contributed by atoms with Gasteiger partial charge in [0, 0.05) is 7.05 Å². The lowest BCUT2D eigenvalue weighted by Gasteiger charge is -2.36. The Morgan fingerprint density at radius 1 is 1.62 bits per heavy atom. The predicted molar refractivity (Wildman–Crippen MR) is 64.6 cm³/mol. The van der Waals surface area contributed by atoms with Gasteiger partial charge in [0.2, 0.25) is 5.91 Å². The highest BCUT2D eigenvalue weighted by atomic mass is 35.5. The van der Waals surface area contributed by atoms with E-state index in [1.54, 1.807) is 24.1 Å². The maximum Gasteiger partial charge on any atom is 0.247 e. The van der Waals surface area contributed by atoms with E-state index in [1.165, 1.54) is 11.3 Å². The molecule has 1 heterocycles. The summed E-state index contributed by atoms with van der Waals surface area (Å²) >= 11 is 7.17. The summed E-state index contributed by atoms with van der Waals surface area (Å²) < 4.78 is 0.647. The van der Waals surface area contributed by atoms with Crippen LogP contribution in [0, 0.1) is 16.7 Å². The molecule has 0 unspecified atom stereocenters. The second-order valence-electron chi connectivity index (χ2n) is 3.99. The van der Waals surface area contributed by atoms with Crippen molar-refractivity contribution in [3.05, 3.63) is 16.5 Å². The molecule has 1 aromatic heterocycles. The normalized spacial score (nSPS) is 17.3. The second kappa shape index (κ2) is 4.08. The first-order chi connectivity index (χ1) is 7.59. The Balaban J connectivity index is 2.20. The van der Waals surface area contributed by atoms with Gasteiger partial charge >= 0.3 is 0 Å². The van der Waals surface area contributed by atoms with E-state index in [4.69, 9.17) is 16.9 Å². The topological polar surface area (TPSA) is 44.1 Å². The zero-order chi connectivity index (χ0) is 11.8. The third-order valence-corrected chi connectivity index (χ3v) is 4.33. The van der Waals surface area contributed by atoms with Crippen LogP contribution >= 0.6 is 22.9 Å². The lowest BCUT2D eigenvalue weighted by Crippen LogP contribution is -2.45. The highest BCUT2D eigenvalue weighted by Crippen LogP contribution is 2.43. The van der Waals surface area contributed by atoms with Gasteiger partial charge in [-0.05, 0) is 31.4 Å². The van der Waals surface area contributed by atoms with Crippen molar-refractivity contribution in [2.45, 2.75) is 19.3 Å². The number of carbonyl (C=O) groups is 1. The number of hydrogen-bond acceptors (Lipinski definition) is 3. The van der Waals surface area contributed by atoms with Crippen LogP contribution < -0.4 is 4.90 Å². The fraction of sp³-hybridized carbons (Fsp3) is 0.455. The van der Waals surface area contributed by atoms with Gasteiger partial charge in [-0.1, -0.05) is 11.6 Å². The largest absolute Gasteiger partial charge is 0.306 e. The molecule has 0 atom stereocenters. The van der Waals surface area contributed by atoms with Crippen molar-refractivity contribution in [2.75, 3.05) is 11.9 Å².